The lowest BCUT2D eigenvalue weighted by Crippen LogP contribution is -2.33. The van der Waals surface area contributed by atoms with Gasteiger partial charge in [0.05, 0.1) is 13.2 Å². The number of likely N-dealkylation sites (N-methyl/N-ethyl adjacent to an activating group) is 1. The second-order valence-corrected chi connectivity index (χ2v) is 6.51. The van der Waals surface area contributed by atoms with E-state index in [4.69, 9.17) is 16.3 Å². The molecule has 27 heavy (non-hydrogen) atoms. The summed E-state index contributed by atoms with van der Waals surface area (Å²) in [5.41, 5.74) is 1.72. The number of hydrogen-bond donors (Lipinski definition) is 0. The van der Waals surface area contributed by atoms with Crippen LogP contribution in [-0.2, 0) is 11.3 Å². The van der Waals surface area contributed by atoms with Gasteiger partial charge in [0.1, 0.15) is 12.3 Å². The van der Waals surface area contributed by atoms with Crippen LogP contribution in [0.5, 0.6) is 5.75 Å². The maximum absolute atomic E-state index is 12.7. The van der Waals surface area contributed by atoms with Gasteiger partial charge in [-0.25, -0.2) is 0 Å². The van der Waals surface area contributed by atoms with Gasteiger partial charge in [-0.3, -0.25) is 4.79 Å². The van der Waals surface area contributed by atoms with E-state index in [0.717, 1.165) is 16.9 Å². The van der Waals surface area contributed by atoms with Crippen LogP contribution in [-0.4, -0.2) is 45.2 Å². The molecule has 1 heterocycles. The number of aromatic nitrogens is 4. The van der Waals surface area contributed by atoms with Gasteiger partial charge in [-0.15, -0.1) is 10.2 Å². The SMILES string of the molecule is COc1ccccc1C(C)N(C)C(=O)Cn1nnc(-c2ccc(Cl)cc2)n1. The van der Waals surface area contributed by atoms with Gasteiger partial charge in [-0.05, 0) is 42.5 Å². The Kier molecular flexibility index (Phi) is 5.71. The highest BCUT2D eigenvalue weighted by Gasteiger charge is 2.21. The lowest BCUT2D eigenvalue weighted by molar-refractivity contribution is -0.132. The monoisotopic (exact) mass is 385 g/mol. The number of carbonyl (C=O) groups excluding carboxylic acids is 1. The number of amides is 1. The number of carbonyl (C=O) groups is 1. The van der Waals surface area contributed by atoms with E-state index in [1.807, 2.05) is 31.2 Å². The topological polar surface area (TPSA) is 73.1 Å². The van der Waals surface area contributed by atoms with E-state index < -0.39 is 0 Å². The van der Waals surface area contributed by atoms with Crippen molar-refractivity contribution < 1.29 is 9.53 Å². The molecule has 2 aromatic carbocycles. The van der Waals surface area contributed by atoms with Crippen molar-refractivity contribution in [1.29, 1.82) is 0 Å². The van der Waals surface area contributed by atoms with Crippen molar-refractivity contribution >= 4 is 17.5 Å². The van der Waals surface area contributed by atoms with E-state index in [-0.39, 0.29) is 18.5 Å². The van der Waals surface area contributed by atoms with Gasteiger partial charge in [-0.1, -0.05) is 29.8 Å². The number of ether oxygens (including phenoxy) is 1. The number of para-hydroxylation sites is 1. The molecule has 1 aromatic heterocycles. The van der Waals surface area contributed by atoms with Crippen LogP contribution in [0.2, 0.25) is 5.02 Å². The molecule has 0 aliphatic heterocycles. The first kappa shape index (κ1) is 18.8. The van der Waals surface area contributed by atoms with E-state index in [2.05, 4.69) is 15.4 Å². The summed E-state index contributed by atoms with van der Waals surface area (Å²) in [5, 5.41) is 12.9. The Balaban J connectivity index is 1.70. The fraction of sp³-hybridized carbons (Fsp3) is 0.263. The molecule has 0 saturated carbocycles. The van der Waals surface area contributed by atoms with Crippen LogP contribution in [0.25, 0.3) is 11.4 Å². The normalized spacial score (nSPS) is 11.9. The number of halogens is 1. The van der Waals surface area contributed by atoms with Crippen LogP contribution < -0.4 is 4.74 Å². The third-order valence-electron chi connectivity index (χ3n) is 4.40. The van der Waals surface area contributed by atoms with E-state index in [1.165, 1.54) is 4.80 Å². The van der Waals surface area contributed by atoms with E-state index in [9.17, 15) is 4.79 Å². The minimum absolute atomic E-state index is 0.00339. The lowest BCUT2D eigenvalue weighted by Gasteiger charge is -2.26. The number of nitrogens with zero attached hydrogens (tertiary/aromatic N) is 5. The minimum atomic E-state index is -0.159. The van der Waals surface area contributed by atoms with Gasteiger partial charge >= 0.3 is 0 Å². The first-order valence-electron chi connectivity index (χ1n) is 8.42. The molecule has 1 atom stereocenters. The van der Waals surface area contributed by atoms with Gasteiger partial charge in [0, 0.05) is 23.2 Å². The Bertz CT molecular complexity index is 926. The van der Waals surface area contributed by atoms with Crippen molar-refractivity contribution in [2.45, 2.75) is 19.5 Å². The summed E-state index contributed by atoms with van der Waals surface area (Å²) in [6.07, 6.45) is 0. The number of rotatable bonds is 6. The van der Waals surface area contributed by atoms with Crippen molar-refractivity contribution in [1.82, 2.24) is 25.1 Å². The van der Waals surface area contributed by atoms with E-state index >= 15 is 0 Å². The Morgan fingerprint density at radius 1 is 1.22 bits per heavy atom. The predicted octanol–water partition coefficient (Wildman–Crippen LogP) is 3.22. The van der Waals surface area contributed by atoms with Crippen LogP contribution >= 0.6 is 11.6 Å². The molecule has 0 aliphatic carbocycles. The maximum atomic E-state index is 12.7. The molecule has 3 aromatic rings. The van der Waals surface area contributed by atoms with E-state index in [0.29, 0.717) is 10.8 Å². The maximum Gasteiger partial charge on any atom is 0.246 e. The zero-order valence-electron chi connectivity index (χ0n) is 15.3. The number of methoxy groups -OCH3 is 1. The third-order valence-corrected chi connectivity index (χ3v) is 4.65. The highest BCUT2D eigenvalue weighted by molar-refractivity contribution is 6.30. The average Bonchev–Trinajstić information content (AvgIpc) is 3.15. The molecular weight excluding hydrogens is 366 g/mol. The molecule has 0 spiro atoms. The van der Waals surface area contributed by atoms with Crippen LogP contribution in [0.15, 0.2) is 48.5 Å². The molecule has 0 fully saturated rings. The Hall–Kier alpha value is -2.93. The van der Waals surface area contributed by atoms with Crippen LogP contribution in [0.1, 0.15) is 18.5 Å². The quantitative estimate of drug-likeness (QED) is 0.651. The average molecular weight is 386 g/mol. The van der Waals surface area contributed by atoms with E-state index in [1.54, 1.807) is 43.3 Å². The highest BCUT2D eigenvalue weighted by Crippen LogP contribution is 2.28. The summed E-state index contributed by atoms with van der Waals surface area (Å²) >= 11 is 5.89. The molecule has 1 unspecified atom stereocenters. The van der Waals surface area contributed by atoms with Crippen molar-refractivity contribution in [2.24, 2.45) is 0 Å². The van der Waals surface area contributed by atoms with Gasteiger partial charge in [-0.2, -0.15) is 4.80 Å². The van der Waals surface area contributed by atoms with Crippen molar-refractivity contribution in [3.63, 3.8) is 0 Å². The van der Waals surface area contributed by atoms with Gasteiger partial charge in [0.25, 0.3) is 0 Å². The van der Waals surface area contributed by atoms with Gasteiger partial charge in [0.2, 0.25) is 11.7 Å². The first-order valence-corrected chi connectivity index (χ1v) is 8.79. The third kappa shape index (κ3) is 4.25. The molecule has 1 amide bonds. The standard InChI is InChI=1S/C19H20ClN5O2/c1-13(16-6-4-5-7-17(16)27-3)24(2)18(26)12-25-22-19(21-23-25)14-8-10-15(20)11-9-14/h4-11,13H,12H2,1-3H3. The second kappa shape index (κ2) is 8.18. The summed E-state index contributed by atoms with van der Waals surface area (Å²) in [6, 6.07) is 14.6. The fourth-order valence-corrected chi connectivity index (χ4v) is 2.82. The Morgan fingerprint density at radius 3 is 2.63 bits per heavy atom. The molecule has 0 saturated heterocycles. The fourth-order valence-electron chi connectivity index (χ4n) is 2.69. The second-order valence-electron chi connectivity index (χ2n) is 6.07. The Morgan fingerprint density at radius 2 is 1.93 bits per heavy atom. The molecular formula is C19H20ClN5O2. The van der Waals surface area contributed by atoms with Crippen molar-refractivity contribution in [2.75, 3.05) is 14.2 Å². The zero-order valence-corrected chi connectivity index (χ0v) is 16.1. The largest absolute Gasteiger partial charge is 0.496 e. The van der Waals surface area contributed by atoms with Crippen LogP contribution in [0.3, 0.4) is 0 Å². The molecule has 140 valence electrons. The summed E-state index contributed by atoms with van der Waals surface area (Å²) in [5.74, 6) is 1.06. The minimum Gasteiger partial charge on any atom is -0.496 e. The first-order chi connectivity index (χ1) is 13.0. The molecule has 0 aliphatic rings. The number of hydrogen-bond acceptors (Lipinski definition) is 5. The molecule has 3 rings (SSSR count). The smallest absolute Gasteiger partial charge is 0.246 e. The summed E-state index contributed by atoms with van der Waals surface area (Å²) < 4.78 is 5.39. The summed E-state index contributed by atoms with van der Waals surface area (Å²) in [6.45, 7) is 1.94. The lowest BCUT2D eigenvalue weighted by atomic mass is 10.1. The molecule has 0 radical (unpaired) electrons. The molecule has 0 bridgehead atoms. The summed E-state index contributed by atoms with van der Waals surface area (Å²) in [7, 11) is 3.36. The predicted molar refractivity (Wildman–Crippen MR) is 102 cm³/mol. The van der Waals surface area contributed by atoms with Gasteiger partial charge in [0.15, 0.2) is 0 Å². The highest BCUT2D eigenvalue weighted by atomic mass is 35.5. The van der Waals surface area contributed by atoms with Crippen LogP contribution in [0.4, 0.5) is 0 Å². The molecule has 8 heteroatoms. The Labute approximate surface area is 162 Å². The van der Waals surface area contributed by atoms with Crippen molar-refractivity contribution in [3.05, 3.63) is 59.1 Å². The number of benzene rings is 2. The zero-order chi connectivity index (χ0) is 19.4. The number of tetrazole rings is 1. The van der Waals surface area contributed by atoms with Crippen molar-refractivity contribution in [3.8, 4) is 17.1 Å². The molecule has 7 nitrogen and oxygen atoms in total. The van der Waals surface area contributed by atoms with Gasteiger partial charge < -0.3 is 9.64 Å². The summed E-state index contributed by atoms with van der Waals surface area (Å²) in [4.78, 5) is 15.6. The van der Waals surface area contributed by atoms with Crippen LogP contribution in [0, 0.1) is 0 Å². The molecule has 0 N–H and O–H groups in total.